The first-order valence-corrected chi connectivity index (χ1v) is 9.32. The van der Waals surface area contributed by atoms with Crippen LogP contribution in [0, 0.1) is 18.3 Å². The molecule has 0 spiro atoms. The van der Waals surface area contributed by atoms with Crippen molar-refractivity contribution in [1.29, 1.82) is 5.26 Å². The predicted molar refractivity (Wildman–Crippen MR) is 104 cm³/mol. The zero-order valence-corrected chi connectivity index (χ0v) is 16.1. The summed E-state index contributed by atoms with van der Waals surface area (Å²) in [7, 11) is 0. The molecule has 1 N–H and O–H groups in total. The van der Waals surface area contributed by atoms with Crippen molar-refractivity contribution >= 4 is 28.4 Å². The van der Waals surface area contributed by atoms with E-state index in [1.165, 1.54) is 12.1 Å². The van der Waals surface area contributed by atoms with Crippen LogP contribution in [0.3, 0.4) is 0 Å². The number of aryl methyl sites for hydroxylation is 2. The van der Waals surface area contributed by atoms with Gasteiger partial charge in [0.1, 0.15) is 5.69 Å². The van der Waals surface area contributed by atoms with E-state index in [4.69, 9.17) is 11.6 Å². The molecule has 148 valence electrons. The maximum Gasteiger partial charge on any atom is 0.417 e. The number of carbonyl (C=O) groups is 1. The van der Waals surface area contributed by atoms with E-state index < -0.39 is 16.8 Å². The molecule has 1 aliphatic heterocycles. The Labute approximate surface area is 169 Å². The van der Waals surface area contributed by atoms with Gasteiger partial charge in [-0.2, -0.15) is 18.4 Å². The number of hydrogen-bond acceptors (Lipinski definition) is 2. The molecule has 0 atom stereocenters. The Hall–Kier alpha value is -2.98. The molecule has 3 aromatic rings. The third-order valence-electron chi connectivity index (χ3n) is 5.18. The predicted octanol–water partition coefficient (Wildman–Crippen LogP) is 5.29. The van der Waals surface area contributed by atoms with Gasteiger partial charge in [-0.3, -0.25) is 4.79 Å². The zero-order valence-electron chi connectivity index (χ0n) is 15.3. The van der Waals surface area contributed by atoms with Gasteiger partial charge in [0.05, 0.1) is 27.7 Å². The second kappa shape index (κ2) is 6.82. The highest BCUT2D eigenvalue weighted by Crippen LogP contribution is 2.40. The zero-order chi connectivity index (χ0) is 20.9. The molecular formula is C21H15ClF3N3O. The lowest BCUT2D eigenvalue weighted by molar-refractivity contribution is -0.137. The normalized spacial score (nSPS) is 14.3. The van der Waals surface area contributed by atoms with E-state index in [0.717, 1.165) is 6.07 Å². The molecule has 1 amide bonds. The van der Waals surface area contributed by atoms with Crippen LogP contribution in [0.15, 0.2) is 30.3 Å². The van der Waals surface area contributed by atoms with Crippen LogP contribution in [0.5, 0.6) is 0 Å². The molecule has 4 nitrogen and oxygen atoms in total. The number of amides is 1. The van der Waals surface area contributed by atoms with E-state index in [2.05, 4.69) is 11.4 Å². The maximum absolute atomic E-state index is 13.4. The van der Waals surface area contributed by atoms with E-state index in [1.54, 1.807) is 19.1 Å². The molecule has 0 aliphatic carbocycles. The fourth-order valence-corrected chi connectivity index (χ4v) is 4.11. The van der Waals surface area contributed by atoms with Crippen molar-refractivity contribution < 1.29 is 18.0 Å². The lowest BCUT2D eigenvalue weighted by Gasteiger charge is -2.14. The number of nitriles is 1. The first kappa shape index (κ1) is 19.3. The average molecular weight is 418 g/mol. The van der Waals surface area contributed by atoms with Gasteiger partial charge < -0.3 is 9.88 Å². The van der Waals surface area contributed by atoms with E-state index >= 15 is 0 Å². The van der Waals surface area contributed by atoms with Gasteiger partial charge in [-0.05, 0) is 48.7 Å². The number of hydrogen-bond donors (Lipinski definition) is 1. The number of rotatable bonds is 1. The molecule has 0 fully saturated rings. The summed E-state index contributed by atoms with van der Waals surface area (Å²) in [6.45, 7) is 2.84. The number of benzene rings is 2. The molecule has 2 heterocycles. The van der Waals surface area contributed by atoms with Gasteiger partial charge in [-0.1, -0.05) is 17.7 Å². The minimum atomic E-state index is -4.61. The first-order valence-electron chi connectivity index (χ1n) is 8.94. The summed E-state index contributed by atoms with van der Waals surface area (Å²) >= 11 is 5.77. The fourth-order valence-electron chi connectivity index (χ4n) is 3.89. The third-order valence-corrected chi connectivity index (χ3v) is 5.51. The molecular weight excluding hydrogens is 403 g/mol. The number of nitrogens with one attached hydrogen (secondary N) is 1. The standard InChI is InChI=1S/C21H15ClF3N3O/c1-11-14-7-12(10-26)8-15(13-3-4-17(22)16(9-13)21(23,24)25)19(14)28-6-2-5-27-20(29)18(11)28/h3-4,7-9H,2,5-6H2,1H3,(H,27,29). The number of halogens is 4. The summed E-state index contributed by atoms with van der Waals surface area (Å²) in [6, 6.07) is 8.98. The Morgan fingerprint density at radius 3 is 2.69 bits per heavy atom. The summed E-state index contributed by atoms with van der Waals surface area (Å²) in [5, 5.41) is 12.6. The maximum atomic E-state index is 13.4. The highest BCUT2D eigenvalue weighted by atomic mass is 35.5. The van der Waals surface area contributed by atoms with Crippen LogP contribution in [0.25, 0.3) is 22.0 Å². The largest absolute Gasteiger partial charge is 0.417 e. The molecule has 2 aromatic carbocycles. The quantitative estimate of drug-likeness (QED) is 0.584. The topological polar surface area (TPSA) is 57.8 Å². The van der Waals surface area contributed by atoms with Gasteiger partial charge >= 0.3 is 6.18 Å². The lowest BCUT2D eigenvalue weighted by Crippen LogP contribution is -2.23. The molecule has 1 aromatic heterocycles. The monoisotopic (exact) mass is 417 g/mol. The SMILES string of the molecule is Cc1c2n(c3c(-c4ccc(Cl)c(C(F)(F)F)c4)cc(C#N)cc13)CCCNC2=O. The number of alkyl halides is 3. The van der Waals surface area contributed by atoms with Crippen molar-refractivity contribution in [2.75, 3.05) is 6.54 Å². The van der Waals surface area contributed by atoms with E-state index in [0.29, 0.717) is 52.8 Å². The van der Waals surface area contributed by atoms with Gasteiger partial charge in [0, 0.05) is 24.0 Å². The molecule has 4 rings (SSSR count). The van der Waals surface area contributed by atoms with Crippen LogP contribution in [0.2, 0.25) is 5.02 Å². The second-order valence-corrected chi connectivity index (χ2v) is 7.37. The van der Waals surface area contributed by atoms with Gasteiger partial charge in [-0.25, -0.2) is 0 Å². The Kier molecular flexibility index (Phi) is 4.55. The van der Waals surface area contributed by atoms with Crippen LogP contribution in [-0.2, 0) is 12.7 Å². The van der Waals surface area contributed by atoms with Crippen molar-refractivity contribution in [3.63, 3.8) is 0 Å². The molecule has 1 aliphatic rings. The van der Waals surface area contributed by atoms with Crippen LogP contribution < -0.4 is 5.32 Å². The molecule has 0 saturated heterocycles. The first-order chi connectivity index (χ1) is 13.7. The molecule has 0 bridgehead atoms. The number of nitrogens with zero attached hydrogens (tertiary/aromatic N) is 2. The number of fused-ring (bicyclic) bond motifs is 3. The summed E-state index contributed by atoms with van der Waals surface area (Å²) < 4.78 is 42.0. The molecule has 0 radical (unpaired) electrons. The van der Waals surface area contributed by atoms with E-state index in [-0.39, 0.29) is 11.5 Å². The van der Waals surface area contributed by atoms with Crippen molar-refractivity contribution in [3.8, 4) is 17.2 Å². The molecule has 29 heavy (non-hydrogen) atoms. The summed E-state index contributed by atoms with van der Waals surface area (Å²) in [5.41, 5.74) is 1.93. The Bertz CT molecular complexity index is 1200. The third kappa shape index (κ3) is 3.14. The van der Waals surface area contributed by atoms with Crippen LogP contribution in [-0.4, -0.2) is 17.0 Å². The van der Waals surface area contributed by atoms with E-state index in [9.17, 15) is 23.2 Å². The minimum absolute atomic E-state index is 0.229. The van der Waals surface area contributed by atoms with Crippen molar-refractivity contribution in [2.45, 2.75) is 26.1 Å². The number of carbonyl (C=O) groups excluding carboxylic acids is 1. The average Bonchev–Trinajstić information content (AvgIpc) is 2.82. The van der Waals surface area contributed by atoms with Gasteiger partial charge in [0.2, 0.25) is 0 Å². The highest BCUT2D eigenvalue weighted by molar-refractivity contribution is 6.31. The Balaban J connectivity index is 2.09. The van der Waals surface area contributed by atoms with Gasteiger partial charge in [0.25, 0.3) is 5.91 Å². The lowest BCUT2D eigenvalue weighted by atomic mass is 9.97. The second-order valence-electron chi connectivity index (χ2n) is 6.96. The summed E-state index contributed by atoms with van der Waals surface area (Å²) in [4.78, 5) is 12.6. The van der Waals surface area contributed by atoms with Crippen LogP contribution >= 0.6 is 11.6 Å². The molecule has 0 unspecified atom stereocenters. The molecule has 8 heteroatoms. The summed E-state index contributed by atoms with van der Waals surface area (Å²) in [5.74, 6) is -0.229. The van der Waals surface area contributed by atoms with Crippen molar-refractivity contribution in [1.82, 2.24) is 9.88 Å². The number of aromatic nitrogens is 1. The Morgan fingerprint density at radius 2 is 2.00 bits per heavy atom. The highest BCUT2D eigenvalue weighted by Gasteiger charge is 2.34. The van der Waals surface area contributed by atoms with Crippen molar-refractivity contribution in [2.24, 2.45) is 0 Å². The van der Waals surface area contributed by atoms with Gasteiger partial charge in [0.15, 0.2) is 0 Å². The van der Waals surface area contributed by atoms with Crippen molar-refractivity contribution in [3.05, 3.63) is 57.7 Å². The molecule has 0 saturated carbocycles. The smallest absolute Gasteiger partial charge is 0.351 e. The van der Waals surface area contributed by atoms with Crippen LogP contribution in [0.4, 0.5) is 13.2 Å². The van der Waals surface area contributed by atoms with Gasteiger partial charge in [-0.15, -0.1) is 0 Å². The van der Waals surface area contributed by atoms with E-state index in [1.807, 2.05) is 4.57 Å². The summed E-state index contributed by atoms with van der Waals surface area (Å²) in [6.07, 6.45) is -3.92. The Morgan fingerprint density at radius 1 is 1.24 bits per heavy atom. The fraction of sp³-hybridized carbons (Fsp3) is 0.238. The minimum Gasteiger partial charge on any atom is -0.351 e. The van der Waals surface area contributed by atoms with Crippen LogP contribution in [0.1, 0.15) is 33.6 Å².